The standard InChI is InChI=1S/C26H18N2O7/c1-15-6-9-18(10-7-15)28-24(30)19(23(29)27-26(28)32)12-16-4-2-3-5-20(16)35-25(31)17-8-11-21-22(13-17)34-14-33-21/h2-13H,14H2,1H3,(H,27,29,32). The van der Waals surface area contributed by atoms with Crippen LogP contribution in [0, 0.1) is 6.92 Å². The molecule has 0 aromatic heterocycles. The summed E-state index contributed by atoms with van der Waals surface area (Å²) in [5.74, 6) is -1.21. The summed E-state index contributed by atoms with van der Waals surface area (Å²) in [5.41, 5.74) is 1.53. The smallest absolute Gasteiger partial charge is 0.343 e. The summed E-state index contributed by atoms with van der Waals surface area (Å²) >= 11 is 0. The number of nitrogens with one attached hydrogen (secondary N) is 1. The number of hydrogen-bond acceptors (Lipinski definition) is 7. The van der Waals surface area contributed by atoms with Crippen LogP contribution in [0.4, 0.5) is 10.5 Å². The number of para-hydroxylation sites is 1. The van der Waals surface area contributed by atoms with Crippen molar-refractivity contribution in [2.24, 2.45) is 0 Å². The van der Waals surface area contributed by atoms with Crippen molar-refractivity contribution in [2.45, 2.75) is 6.92 Å². The lowest BCUT2D eigenvalue weighted by Gasteiger charge is -2.26. The Morgan fingerprint density at radius 1 is 0.971 bits per heavy atom. The molecule has 1 N–H and O–H groups in total. The van der Waals surface area contributed by atoms with Crippen molar-refractivity contribution in [3.63, 3.8) is 0 Å². The lowest BCUT2D eigenvalue weighted by atomic mass is 10.1. The normalized spacial score (nSPS) is 15.9. The molecule has 9 heteroatoms. The van der Waals surface area contributed by atoms with Gasteiger partial charge in [0.1, 0.15) is 11.3 Å². The third-order valence-electron chi connectivity index (χ3n) is 5.42. The van der Waals surface area contributed by atoms with E-state index in [2.05, 4.69) is 5.32 Å². The van der Waals surface area contributed by atoms with Gasteiger partial charge in [0.2, 0.25) is 6.79 Å². The molecule has 174 valence electrons. The highest BCUT2D eigenvalue weighted by Crippen LogP contribution is 2.33. The van der Waals surface area contributed by atoms with Crippen LogP contribution in [-0.4, -0.2) is 30.6 Å². The van der Waals surface area contributed by atoms with Gasteiger partial charge in [-0.15, -0.1) is 0 Å². The number of carbonyl (C=O) groups is 4. The number of carbonyl (C=O) groups excluding carboxylic acids is 4. The Morgan fingerprint density at radius 3 is 2.51 bits per heavy atom. The quantitative estimate of drug-likeness (QED) is 0.268. The zero-order valence-electron chi connectivity index (χ0n) is 18.4. The Kier molecular flexibility index (Phi) is 5.50. The van der Waals surface area contributed by atoms with Crippen molar-refractivity contribution >= 4 is 35.6 Å². The first-order chi connectivity index (χ1) is 16.9. The molecular weight excluding hydrogens is 452 g/mol. The third kappa shape index (κ3) is 4.22. The monoisotopic (exact) mass is 470 g/mol. The molecule has 0 atom stereocenters. The lowest BCUT2D eigenvalue weighted by molar-refractivity contribution is -0.122. The second kappa shape index (κ2) is 8.79. The number of barbiturate groups is 1. The number of aryl methyl sites for hydroxylation is 1. The van der Waals surface area contributed by atoms with Crippen molar-refractivity contribution in [2.75, 3.05) is 11.7 Å². The van der Waals surface area contributed by atoms with Gasteiger partial charge in [-0.25, -0.2) is 14.5 Å². The molecule has 0 radical (unpaired) electrons. The van der Waals surface area contributed by atoms with E-state index in [1.807, 2.05) is 6.92 Å². The summed E-state index contributed by atoms with van der Waals surface area (Å²) in [6.45, 7) is 1.95. The van der Waals surface area contributed by atoms with Crippen LogP contribution in [-0.2, 0) is 9.59 Å². The van der Waals surface area contributed by atoms with E-state index in [1.54, 1.807) is 54.6 Å². The van der Waals surface area contributed by atoms with Crippen molar-refractivity contribution in [1.82, 2.24) is 5.32 Å². The van der Waals surface area contributed by atoms with E-state index in [4.69, 9.17) is 14.2 Å². The number of nitrogens with zero attached hydrogens (tertiary/aromatic N) is 1. The number of fused-ring (bicyclic) bond motifs is 1. The van der Waals surface area contributed by atoms with Gasteiger partial charge in [0, 0.05) is 5.56 Å². The Balaban J connectivity index is 1.44. The van der Waals surface area contributed by atoms with Crippen LogP contribution in [0.15, 0.2) is 72.3 Å². The second-order valence-electron chi connectivity index (χ2n) is 7.79. The number of rotatable bonds is 4. The van der Waals surface area contributed by atoms with E-state index in [-0.39, 0.29) is 23.7 Å². The number of amides is 4. The molecule has 1 fully saturated rings. The SMILES string of the molecule is Cc1ccc(N2C(=O)NC(=O)C(=Cc3ccccc3OC(=O)c3ccc4c(c3)OCO4)C2=O)cc1. The van der Waals surface area contributed by atoms with Gasteiger partial charge < -0.3 is 14.2 Å². The zero-order valence-corrected chi connectivity index (χ0v) is 18.4. The summed E-state index contributed by atoms with van der Waals surface area (Å²) in [5, 5.41) is 2.18. The fourth-order valence-electron chi connectivity index (χ4n) is 3.62. The maximum Gasteiger partial charge on any atom is 0.343 e. The number of benzene rings is 3. The minimum absolute atomic E-state index is 0.0719. The fourth-order valence-corrected chi connectivity index (χ4v) is 3.62. The van der Waals surface area contributed by atoms with E-state index in [0.29, 0.717) is 22.7 Å². The Hall–Kier alpha value is -4.92. The first kappa shape index (κ1) is 21.9. The summed E-state index contributed by atoms with van der Waals surface area (Å²) in [4.78, 5) is 51.7. The first-order valence-corrected chi connectivity index (χ1v) is 10.6. The van der Waals surface area contributed by atoms with E-state index in [9.17, 15) is 19.2 Å². The molecule has 1 saturated heterocycles. The average Bonchev–Trinajstić information content (AvgIpc) is 3.32. The van der Waals surface area contributed by atoms with Gasteiger partial charge in [0.05, 0.1) is 11.3 Å². The zero-order chi connectivity index (χ0) is 24.5. The van der Waals surface area contributed by atoms with E-state index >= 15 is 0 Å². The van der Waals surface area contributed by atoms with E-state index < -0.39 is 23.8 Å². The molecule has 0 aliphatic carbocycles. The van der Waals surface area contributed by atoms with Crippen LogP contribution in [0.25, 0.3) is 6.08 Å². The molecule has 2 heterocycles. The molecule has 2 aliphatic rings. The van der Waals surface area contributed by atoms with Gasteiger partial charge >= 0.3 is 12.0 Å². The second-order valence-corrected chi connectivity index (χ2v) is 7.79. The molecule has 0 unspecified atom stereocenters. The summed E-state index contributed by atoms with van der Waals surface area (Å²) in [7, 11) is 0. The molecule has 0 saturated carbocycles. The van der Waals surface area contributed by atoms with Gasteiger partial charge in [0.15, 0.2) is 11.5 Å². The lowest BCUT2D eigenvalue weighted by Crippen LogP contribution is -2.54. The van der Waals surface area contributed by atoms with Crippen LogP contribution >= 0.6 is 0 Å². The summed E-state index contributed by atoms with van der Waals surface area (Å²) in [6, 6.07) is 17.0. The molecule has 35 heavy (non-hydrogen) atoms. The highest BCUT2D eigenvalue weighted by atomic mass is 16.7. The number of hydrogen-bond donors (Lipinski definition) is 1. The van der Waals surface area contributed by atoms with Crippen LogP contribution in [0.2, 0.25) is 0 Å². The summed E-state index contributed by atoms with van der Waals surface area (Å²) in [6.07, 6.45) is 1.29. The molecule has 9 nitrogen and oxygen atoms in total. The first-order valence-electron chi connectivity index (χ1n) is 10.6. The fraction of sp³-hybridized carbons (Fsp3) is 0.0769. The highest BCUT2D eigenvalue weighted by Gasteiger charge is 2.37. The van der Waals surface area contributed by atoms with Crippen molar-refractivity contribution in [3.8, 4) is 17.2 Å². The van der Waals surface area contributed by atoms with Gasteiger partial charge in [-0.2, -0.15) is 0 Å². The molecule has 0 bridgehead atoms. The largest absolute Gasteiger partial charge is 0.454 e. The highest BCUT2D eigenvalue weighted by molar-refractivity contribution is 6.39. The Bertz CT molecular complexity index is 1410. The maximum absolute atomic E-state index is 13.1. The minimum Gasteiger partial charge on any atom is -0.454 e. The molecule has 3 aromatic carbocycles. The average molecular weight is 470 g/mol. The number of urea groups is 1. The Morgan fingerprint density at radius 2 is 1.71 bits per heavy atom. The van der Waals surface area contributed by atoms with Crippen molar-refractivity contribution in [3.05, 3.63) is 89.0 Å². The van der Waals surface area contributed by atoms with Crippen LogP contribution < -0.4 is 24.4 Å². The van der Waals surface area contributed by atoms with E-state index in [0.717, 1.165) is 10.5 Å². The van der Waals surface area contributed by atoms with Crippen LogP contribution in [0.1, 0.15) is 21.5 Å². The molecule has 5 rings (SSSR count). The minimum atomic E-state index is -0.847. The number of ether oxygens (including phenoxy) is 3. The molecular formula is C26H18N2O7. The van der Waals surface area contributed by atoms with Gasteiger partial charge in [0.25, 0.3) is 11.8 Å². The third-order valence-corrected chi connectivity index (χ3v) is 5.42. The van der Waals surface area contributed by atoms with Gasteiger partial charge in [-0.3, -0.25) is 14.9 Å². The molecule has 3 aromatic rings. The van der Waals surface area contributed by atoms with Crippen LogP contribution in [0.5, 0.6) is 17.2 Å². The van der Waals surface area contributed by atoms with Gasteiger partial charge in [-0.05, 0) is 49.4 Å². The van der Waals surface area contributed by atoms with Crippen LogP contribution in [0.3, 0.4) is 0 Å². The van der Waals surface area contributed by atoms with Crippen molar-refractivity contribution < 1.29 is 33.4 Å². The molecule has 4 amide bonds. The summed E-state index contributed by atoms with van der Waals surface area (Å²) < 4.78 is 16.1. The number of imide groups is 2. The topological polar surface area (TPSA) is 111 Å². The Labute approximate surface area is 199 Å². The molecule has 0 spiro atoms. The van der Waals surface area contributed by atoms with E-state index in [1.165, 1.54) is 18.2 Å². The molecule has 2 aliphatic heterocycles. The number of anilines is 1. The van der Waals surface area contributed by atoms with Crippen molar-refractivity contribution in [1.29, 1.82) is 0 Å². The van der Waals surface area contributed by atoms with Gasteiger partial charge in [-0.1, -0.05) is 35.9 Å². The maximum atomic E-state index is 13.1. The predicted molar refractivity (Wildman–Crippen MR) is 124 cm³/mol. The number of esters is 1. The predicted octanol–water partition coefficient (Wildman–Crippen LogP) is 3.61.